The van der Waals surface area contributed by atoms with Crippen LogP contribution in [0.5, 0.6) is 0 Å². The van der Waals surface area contributed by atoms with Crippen molar-refractivity contribution in [3.8, 4) is 0 Å². The molecular formula is C9H14NO. The van der Waals surface area contributed by atoms with Crippen molar-refractivity contribution in [1.82, 2.24) is 5.16 Å². The van der Waals surface area contributed by atoms with Crippen LogP contribution in [0.1, 0.15) is 37.6 Å². The van der Waals surface area contributed by atoms with Crippen LogP contribution in [0.4, 0.5) is 0 Å². The lowest BCUT2D eigenvalue weighted by molar-refractivity contribution is 0.389. The molecule has 1 aromatic heterocycles. The number of aromatic nitrogens is 1. The Hall–Kier alpha value is -0.790. The molecule has 1 heterocycles. The maximum atomic E-state index is 4.89. The molecule has 0 amide bonds. The SMILES string of the molecule is CCCCCc1[c]c(C)on1. The van der Waals surface area contributed by atoms with Crippen LogP contribution in [-0.2, 0) is 6.42 Å². The number of nitrogens with zero attached hydrogens (tertiary/aromatic N) is 1. The number of rotatable bonds is 4. The van der Waals surface area contributed by atoms with E-state index in [4.69, 9.17) is 4.52 Å². The normalized spacial score (nSPS) is 10.4. The topological polar surface area (TPSA) is 26.0 Å². The fourth-order valence-corrected chi connectivity index (χ4v) is 1.02. The molecule has 0 aliphatic carbocycles. The molecule has 0 unspecified atom stereocenters. The van der Waals surface area contributed by atoms with E-state index < -0.39 is 0 Å². The Balaban J connectivity index is 2.27. The maximum absolute atomic E-state index is 4.89. The van der Waals surface area contributed by atoms with Gasteiger partial charge in [-0.25, -0.2) is 0 Å². The molecule has 1 aromatic rings. The molecule has 0 aliphatic rings. The summed E-state index contributed by atoms with van der Waals surface area (Å²) in [5.41, 5.74) is 0.968. The quantitative estimate of drug-likeness (QED) is 0.619. The molecule has 0 spiro atoms. The van der Waals surface area contributed by atoms with Crippen LogP contribution in [0.25, 0.3) is 0 Å². The van der Waals surface area contributed by atoms with Crippen LogP contribution in [0.15, 0.2) is 4.52 Å². The van der Waals surface area contributed by atoms with E-state index in [-0.39, 0.29) is 0 Å². The summed E-state index contributed by atoms with van der Waals surface area (Å²) in [5, 5.41) is 3.86. The Morgan fingerprint density at radius 3 is 2.82 bits per heavy atom. The molecule has 0 atom stereocenters. The predicted octanol–water partition coefficient (Wildman–Crippen LogP) is 2.52. The minimum Gasteiger partial charge on any atom is -0.361 e. The van der Waals surface area contributed by atoms with Crippen molar-refractivity contribution in [3.05, 3.63) is 17.5 Å². The molecule has 0 N–H and O–H groups in total. The summed E-state index contributed by atoms with van der Waals surface area (Å²) in [7, 11) is 0. The molecule has 0 fully saturated rings. The van der Waals surface area contributed by atoms with E-state index in [0.717, 1.165) is 17.9 Å². The minimum atomic E-state index is 0.788. The minimum absolute atomic E-state index is 0.788. The monoisotopic (exact) mass is 152 g/mol. The molecule has 11 heavy (non-hydrogen) atoms. The van der Waals surface area contributed by atoms with E-state index in [0.29, 0.717) is 0 Å². The van der Waals surface area contributed by atoms with Gasteiger partial charge >= 0.3 is 0 Å². The fraction of sp³-hybridized carbons (Fsp3) is 0.667. The van der Waals surface area contributed by atoms with Crippen molar-refractivity contribution in [1.29, 1.82) is 0 Å². The van der Waals surface area contributed by atoms with Crippen molar-refractivity contribution in [2.24, 2.45) is 0 Å². The number of unbranched alkanes of at least 4 members (excludes halogenated alkanes) is 2. The van der Waals surface area contributed by atoms with Crippen LogP contribution in [0.2, 0.25) is 0 Å². The van der Waals surface area contributed by atoms with Gasteiger partial charge in [-0.3, -0.25) is 0 Å². The zero-order chi connectivity index (χ0) is 8.10. The van der Waals surface area contributed by atoms with Crippen LogP contribution in [-0.4, -0.2) is 5.16 Å². The first kappa shape index (κ1) is 8.31. The second kappa shape index (κ2) is 4.16. The van der Waals surface area contributed by atoms with Crippen LogP contribution in [0, 0.1) is 13.0 Å². The zero-order valence-corrected chi connectivity index (χ0v) is 7.18. The van der Waals surface area contributed by atoms with Crippen molar-refractivity contribution in [2.75, 3.05) is 0 Å². The zero-order valence-electron chi connectivity index (χ0n) is 7.18. The van der Waals surface area contributed by atoms with E-state index >= 15 is 0 Å². The Bertz CT molecular complexity index is 205. The van der Waals surface area contributed by atoms with Gasteiger partial charge in [-0.15, -0.1) is 0 Å². The van der Waals surface area contributed by atoms with Gasteiger partial charge in [-0.1, -0.05) is 24.9 Å². The van der Waals surface area contributed by atoms with E-state index in [1.807, 2.05) is 6.92 Å². The average molecular weight is 152 g/mol. The second-order valence-electron chi connectivity index (χ2n) is 2.77. The Kier molecular flexibility index (Phi) is 3.14. The molecule has 0 saturated heterocycles. The number of hydrogen-bond donors (Lipinski definition) is 0. The maximum Gasteiger partial charge on any atom is 0.141 e. The van der Waals surface area contributed by atoms with E-state index in [1.165, 1.54) is 19.3 Å². The van der Waals surface area contributed by atoms with Crippen LogP contribution in [0.3, 0.4) is 0 Å². The third kappa shape index (κ3) is 2.74. The molecule has 0 saturated carbocycles. The average Bonchev–Trinajstić information content (AvgIpc) is 2.37. The standard InChI is InChI=1S/C9H14NO/c1-3-4-5-6-9-7-8(2)11-10-9/h3-6H2,1-2H3. The lowest BCUT2D eigenvalue weighted by Crippen LogP contribution is -1.84. The summed E-state index contributed by atoms with van der Waals surface area (Å²) in [6.45, 7) is 4.06. The molecule has 0 aromatic carbocycles. The first-order chi connectivity index (χ1) is 5.33. The second-order valence-corrected chi connectivity index (χ2v) is 2.77. The summed E-state index contributed by atoms with van der Waals surface area (Å²) in [6, 6.07) is 3.06. The van der Waals surface area contributed by atoms with E-state index in [2.05, 4.69) is 18.1 Å². The highest BCUT2D eigenvalue weighted by atomic mass is 16.5. The van der Waals surface area contributed by atoms with Crippen molar-refractivity contribution >= 4 is 0 Å². The highest BCUT2D eigenvalue weighted by Crippen LogP contribution is 2.05. The summed E-state index contributed by atoms with van der Waals surface area (Å²) >= 11 is 0. The molecule has 2 heteroatoms. The van der Waals surface area contributed by atoms with Crippen molar-refractivity contribution in [2.45, 2.75) is 39.5 Å². The number of aryl methyl sites for hydroxylation is 2. The van der Waals surface area contributed by atoms with Gasteiger partial charge in [0.15, 0.2) is 0 Å². The summed E-state index contributed by atoms with van der Waals surface area (Å²) in [5.74, 6) is 0.788. The molecule has 0 aliphatic heterocycles. The highest BCUT2D eigenvalue weighted by molar-refractivity contribution is 5.00. The third-order valence-corrected chi connectivity index (χ3v) is 1.63. The van der Waals surface area contributed by atoms with Gasteiger partial charge in [0.05, 0.1) is 11.8 Å². The molecule has 1 radical (unpaired) electrons. The molecule has 0 bridgehead atoms. The lowest BCUT2D eigenvalue weighted by Gasteiger charge is -1.91. The first-order valence-corrected chi connectivity index (χ1v) is 4.17. The first-order valence-electron chi connectivity index (χ1n) is 4.17. The fourth-order valence-electron chi connectivity index (χ4n) is 1.02. The van der Waals surface area contributed by atoms with E-state index in [1.54, 1.807) is 0 Å². The molecule has 1 rings (SSSR count). The smallest absolute Gasteiger partial charge is 0.141 e. The Morgan fingerprint density at radius 1 is 1.45 bits per heavy atom. The Labute approximate surface area is 67.6 Å². The van der Waals surface area contributed by atoms with Gasteiger partial charge in [-0.05, 0) is 19.8 Å². The third-order valence-electron chi connectivity index (χ3n) is 1.63. The largest absolute Gasteiger partial charge is 0.361 e. The molecule has 2 nitrogen and oxygen atoms in total. The highest BCUT2D eigenvalue weighted by Gasteiger charge is 1.99. The lowest BCUT2D eigenvalue weighted by atomic mass is 10.1. The van der Waals surface area contributed by atoms with Gasteiger partial charge in [0.25, 0.3) is 0 Å². The van der Waals surface area contributed by atoms with Crippen molar-refractivity contribution < 1.29 is 4.52 Å². The van der Waals surface area contributed by atoms with Crippen LogP contribution >= 0.6 is 0 Å². The van der Waals surface area contributed by atoms with Gasteiger partial charge in [-0.2, -0.15) is 0 Å². The van der Waals surface area contributed by atoms with Gasteiger partial charge in [0.1, 0.15) is 5.76 Å². The Morgan fingerprint density at radius 2 is 2.27 bits per heavy atom. The van der Waals surface area contributed by atoms with Crippen LogP contribution < -0.4 is 0 Å². The summed E-state index contributed by atoms with van der Waals surface area (Å²) < 4.78 is 4.89. The molecular weight excluding hydrogens is 138 g/mol. The van der Waals surface area contributed by atoms with Crippen molar-refractivity contribution in [3.63, 3.8) is 0 Å². The molecule has 61 valence electrons. The van der Waals surface area contributed by atoms with Gasteiger partial charge in [0.2, 0.25) is 0 Å². The van der Waals surface area contributed by atoms with E-state index in [9.17, 15) is 0 Å². The predicted molar refractivity (Wildman–Crippen MR) is 43.3 cm³/mol. The van der Waals surface area contributed by atoms with Gasteiger partial charge < -0.3 is 4.52 Å². The van der Waals surface area contributed by atoms with Gasteiger partial charge in [0, 0.05) is 0 Å². The summed E-state index contributed by atoms with van der Waals surface area (Å²) in [6.07, 6.45) is 4.71. The summed E-state index contributed by atoms with van der Waals surface area (Å²) in [4.78, 5) is 0. The number of hydrogen-bond acceptors (Lipinski definition) is 2.